The number of nitrogens with one attached hydrogen (secondary N) is 3. The zero-order chi connectivity index (χ0) is 23.8. The van der Waals surface area contributed by atoms with Gasteiger partial charge in [-0.05, 0) is 81.5 Å². The molecule has 0 spiro atoms. The number of carbonyl (C=O) groups is 1. The van der Waals surface area contributed by atoms with Gasteiger partial charge in [-0.2, -0.15) is 4.31 Å². The molecule has 0 aromatic heterocycles. The van der Waals surface area contributed by atoms with Crippen molar-refractivity contribution in [3.63, 3.8) is 0 Å². The fourth-order valence-electron chi connectivity index (χ4n) is 4.83. The van der Waals surface area contributed by atoms with Gasteiger partial charge < -0.3 is 10.4 Å². The summed E-state index contributed by atoms with van der Waals surface area (Å²) in [5, 5.41) is 13.2. The maximum absolute atomic E-state index is 13.0. The van der Waals surface area contributed by atoms with Crippen molar-refractivity contribution in [2.75, 3.05) is 11.9 Å². The van der Waals surface area contributed by atoms with E-state index in [0.717, 1.165) is 36.0 Å². The summed E-state index contributed by atoms with van der Waals surface area (Å²) in [6, 6.07) is 9.36. The molecule has 2 heterocycles. The Hall–Kier alpha value is -2.46. The second kappa shape index (κ2) is 9.42. The van der Waals surface area contributed by atoms with Crippen LogP contribution in [0.5, 0.6) is 5.75 Å². The van der Waals surface area contributed by atoms with Gasteiger partial charge in [0.25, 0.3) is 0 Å². The molecule has 4 rings (SSSR count). The van der Waals surface area contributed by atoms with Crippen LogP contribution < -0.4 is 16.2 Å². The highest BCUT2D eigenvalue weighted by molar-refractivity contribution is 7.89. The van der Waals surface area contributed by atoms with E-state index in [1.54, 1.807) is 34.6 Å². The number of hydrazine groups is 1. The maximum atomic E-state index is 13.0. The van der Waals surface area contributed by atoms with Gasteiger partial charge in [-0.3, -0.25) is 4.79 Å². The highest BCUT2D eigenvalue weighted by Gasteiger charge is 2.33. The van der Waals surface area contributed by atoms with Gasteiger partial charge in [-0.15, -0.1) is 0 Å². The Balaban J connectivity index is 1.40. The third-order valence-electron chi connectivity index (χ3n) is 6.55. The lowest BCUT2D eigenvalue weighted by Gasteiger charge is -2.32. The predicted octanol–water partition coefficient (Wildman–Crippen LogP) is 3.12. The molecule has 178 valence electrons. The second-order valence-corrected chi connectivity index (χ2v) is 11.0. The van der Waals surface area contributed by atoms with E-state index in [-0.39, 0.29) is 28.6 Å². The van der Waals surface area contributed by atoms with Crippen LogP contribution in [0.4, 0.5) is 5.69 Å². The first-order chi connectivity index (χ1) is 15.7. The number of aryl methyl sites for hydroxylation is 2. The first-order valence-electron chi connectivity index (χ1n) is 11.4. The van der Waals surface area contributed by atoms with E-state index in [4.69, 9.17) is 0 Å². The van der Waals surface area contributed by atoms with Crippen molar-refractivity contribution in [3.05, 3.63) is 53.1 Å². The average molecular weight is 473 g/mol. The third-order valence-corrected chi connectivity index (χ3v) is 8.58. The largest absolute Gasteiger partial charge is 0.508 e. The number of anilines is 1. The third kappa shape index (κ3) is 4.91. The summed E-state index contributed by atoms with van der Waals surface area (Å²) >= 11 is 0. The zero-order valence-corrected chi connectivity index (χ0v) is 20.1. The fraction of sp³-hybridized carbons (Fsp3) is 0.458. The minimum atomic E-state index is -3.55. The van der Waals surface area contributed by atoms with Gasteiger partial charge in [0.15, 0.2) is 0 Å². The monoisotopic (exact) mass is 472 g/mol. The molecule has 0 bridgehead atoms. The van der Waals surface area contributed by atoms with E-state index in [1.807, 2.05) is 26.8 Å². The van der Waals surface area contributed by atoms with Crippen LogP contribution in [0.1, 0.15) is 55.3 Å². The normalized spacial score (nSPS) is 24.0. The van der Waals surface area contributed by atoms with Gasteiger partial charge in [0, 0.05) is 23.8 Å². The minimum Gasteiger partial charge on any atom is -0.508 e. The molecule has 2 fully saturated rings. The van der Waals surface area contributed by atoms with Crippen LogP contribution in [0.15, 0.2) is 41.3 Å². The Labute approximate surface area is 195 Å². The van der Waals surface area contributed by atoms with Crippen LogP contribution in [0.2, 0.25) is 0 Å². The van der Waals surface area contributed by atoms with E-state index in [2.05, 4.69) is 16.2 Å². The van der Waals surface area contributed by atoms with Crippen molar-refractivity contribution in [1.82, 2.24) is 15.2 Å². The Morgan fingerprint density at radius 1 is 1.12 bits per heavy atom. The summed E-state index contributed by atoms with van der Waals surface area (Å²) in [7, 11) is -3.55. The predicted molar refractivity (Wildman–Crippen MR) is 127 cm³/mol. The molecule has 2 aromatic rings. The quantitative estimate of drug-likeness (QED) is 0.532. The van der Waals surface area contributed by atoms with E-state index in [0.29, 0.717) is 18.7 Å². The molecule has 0 saturated carbocycles. The molecule has 2 saturated heterocycles. The summed E-state index contributed by atoms with van der Waals surface area (Å²) < 4.78 is 27.5. The van der Waals surface area contributed by atoms with Crippen molar-refractivity contribution >= 4 is 21.6 Å². The van der Waals surface area contributed by atoms with E-state index in [1.165, 1.54) is 0 Å². The lowest BCUT2D eigenvalue weighted by Crippen LogP contribution is -2.41. The Morgan fingerprint density at radius 2 is 1.85 bits per heavy atom. The maximum Gasteiger partial charge on any atom is 0.243 e. The molecular formula is C24H32N4O4S. The number of carbonyl (C=O) groups excluding carboxylic acids is 1. The van der Waals surface area contributed by atoms with Crippen LogP contribution in [-0.4, -0.2) is 42.4 Å². The number of amides is 1. The molecule has 3 atom stereocenters. The molecule has 9 heteroatoms. The van der Waals surface area contributed by atoms with Crippen molar-refractivity contribution in [3.8, 4) is 5.75 Å². The highest BCUT2D eigenvalue weighted by atomic mass is 32.2. The molecule has 1 amide bonds. The topological polar surface area (TPSA) is 111 Å². The number of piperidine rings is 1. The van der Waals surface area contributed by atoms with Crippen LogP contribution in [0.25, 0.3) is 0 Å². The summed E-state index contributed by atoms with van der Waals surface area (Å²) in [5.41, 5.74) is 9.37. The average Bonchev–Trinajstić information content (AvgIpc) is 3.23. The van der Waals surface area contributed by atoms with Crippen molar-refractivity contribution < 1.29 is 18.3 Å². The first-order valence-corrected chi connectivity index (χ1v) is 12.8. The summed E-state index contributed by atoms with van der Waals surface area (Å²) in [6.07, 6.45) is 3.27. The summed E-state index contributed by atoms with van der Waals surface area (Å²) in [6.45, 7) is 6.35. The Bertz CT molecular complexity index is 1110. The molecule has 2 aliphatic heterocycles. The van der Waals surface area contributed by atoms with Gasteiger partial charge in [0.2, 0.25) is 15.9 Å². The van der Waals surface area contributed by atoms with Gasteiger partial charge >= 0.3 is 0 Å². The van der Waals surface area contributed by atoms with Crippen LogP contribution in [0, 0.1) is 13.8 Å². The highest BCUT2D eigenvalue weighted by Crippen LogP contribution is 2.33. The van der Waals surface area contributed by atoms with Crippen molar-refractivity contribution in [1.29, 1.82) is 0 Å². The van der Waals surface area contributed by atoms with Gasteiger partial charge in [-0.1, -0.05) is 12.5 Å². The Morgan fingerprint density at radius 3 is 2.52 bits per heavy atom. The minimum absolute atomic E-state index is 0.00591. The number of hydrogen-bond donors (Lipinski definition) is 4. The first kappa shape index (κ1) is 23.7. The molecule has 3 unspecified atom stereocenters. The van der Waals surface area contributed by atoms with Gasteiger partial charge in [0.1, 0.15) is 11.8 Å². The number of hydrogen-bond acceptors (Lipinski definition) is 6. The number of benzene rings is 2. The molecular weight excluding hydrogens is 440 g/mol. The van der Waals surface area contributed by atoms with Crippen LogP contribution in [-0.2, 0) is 14.8 Å². The van der Waals surface area contributed by atoms with Gasteiger partial charge in [0.05, 0.1) is 10.9 Å². The summed E-state index contributed by atoms with van der Waals surface area (Å²) in [4.78, 5) is 13.0. The molecule has 0 aliphatic carbocycles. The van der Waals surface area contributed by atoms with E-state index in [9.17, 15) is 18.3 Å². The Kier molecular flexibility index (Phi) is 6.76. The standard InChI is InChI=1S/C24H32N4O4S/c1-15-12-16(2)23(22(29)13-15)20-14-21(27-26-20)24(30)25-18-7-9-19(10-8-18)33(31,32)28-11-5-4-6-17(28)3/h7-10,12-13,17,20-21,26-27,29H,4-6,11,14H2,1-3H3,(H,25,30). The SMILES string of the molecule is Cc1cc(C)c(C2CC(C(=O)Nc3ccc(S(=O)(=O)N4CCCCC4C)cc3)NN2)c(O)c1. The molecule has 0 radical (unpaired) electrons. The number of phenols is 1. The lowest BCUT2D eigenvalue weighted by atomic mass is 9.95. The molecule has 2 aromatic carbocycles. The molecule has 33 heavy (non-hydrogen) atoms. The lowest BCUT2D eigenvalue weighted by molar-refractivity contribution is -0.117. The number of aromatic hydroxyl groups is 1. The van der Waals surface area contributed by atoms with E-state index >= 15 is 0 Å². The van der Waals surface area contributed by atoms with Crippen LogP contribution >= 0.6 is 0 Å². The van der Waals surface area contributed by atoms with Gasteiger partial charge in [-0.25, -0.2) is 19.3 Å². The summed E-state index contributed by atoms with van der Waals surface area (Å²) in [5.74, 6) is -0.0119. The smallest absolute Gasteiger partial charge is 0.243 e. The zero-order valence-electron chi connectivity index (χ0n) is 19.3. The fourth-order valence-corrected chi connectivity index (χ4v) is 6.53. The number of nitrogens with zero attached hydrogens (tertiary/aromatic N) is 1. The number of rotatable bonds is 5. The van der Waals surface area contributed by atoms with E-state index < -0.39 is 16.1 Å². The second-order valence-electron chi connectivity index (χ2n) is 9.12. The molecule has 4 N–H and O–H groups in total. The van der Waals surface area contributed by atoms with Crippen molar-refractivity contribution in [2.45, 2.75) is 69.5 Å². The molecule has 8 nitrogen and oxygen atoms in total. The number of sulfonamides is 1. The van der Waals surface area contributed by atoms with Crippen molar-refractivity contribution in [2.24, 2.45) is 0 Å². The molecule has 2 aliphatic rings. The number of phenolic OH excluding ortho intramolecular Hbond substituents is 1. The van der Waals surface area contributed by atoms with Crippen LogP contribution in [0.3, 0.4) is 0 Å².